The second-order valence-corrected chi connectivity index (χ2v) is 8.01. The molecule has 0 unspecified atom stereocenters. The van der Waals surface area contributed by atoms with Gasteiger partial charge in [-0.25, -0.2) is 0 Å². The van der Waals surface area contributed by atoms with Crippen molar-refractivity contribution in [2.45, 2.75) is 31.7 Å². The number of carbonyl (C=O) groups excluding carboxylic acids is 1. The van der Waals surface area contributed by atoms with E-state index >= 15 is 0 Å². The van der Waals surface area contributed by atoms with Gasteiger partial charge in [-0.2, -0.15) is 0 Å². The van der Waals surface area contributed by atoms with E-state index in [1.165, 1.54) is 0 Å². The molecule has 0 bridgehead atoms. The fourth-order valence-corrected chi connectivity index (χ4v) is 4.08. The Hall–Kier alpha value is -3.31. The normalized spacial score (nSPS) is 15.7. The van der Waals surface area contributed by atoms with Gasteiger partial charge in [0.2, 0.25) is 12.7 Å². The van der Waals surface area contributed by atoms with E-state index in [-0.39, 0.29) is 19.2 Å². The highest BCUT2D eigenvalue weighted by Crippen LogP contribution is 2.51. The first kappa shape index (κ1) is 18.7. The number of benzene rings is 3. The molecular weight excluding hydrogens is 376 g/mol. The van der Waals surface area contributed by atoms with Gasteiger partial charge in [0.25, 0.3) is 0 Å². The first-order valence-corrected chi connectivity index (χ1v) is 10.2. The van der Waals surface area contributed by atoms with Crippen LogP contribution in [0.4, 0.5) is 5.69 Å². The second kappa shape index (κ2) is 7.18. The summed E-state index contributed by atoms with van der Waals surface area (Å²) in [6, 6.07) is 19.9. The summed E-state index contributed by atoms with van der Waals surface area (Å²) in [5.41, 5.74) is 13.1. The zero-order valence-corrected chi connectivity index (χ0v) is 16.8. The van der Waals surface area contributed by atoms with Crippen molar-refractivity contribution in [1.29, 1.82) is 0 Å². The zero-order valence-electron chi connectivity index (χ0n) is 16.8. The lowest BCUT2D eigenvalue weighted by Crippen LogP contribution is -2.27. The van der Waals surface area contributed by atoms with Crippen molar-refractivity contribution in [2.24, 2.45) is 0 Å². The highest BCUT2D eigenvalue weighted by molar-refractivity contribution is 6.01. The molecule has 0 saturated heterocycles. The second-order valence-electron chi connectivity index (χ2n) is 8.01. The molecule has 151 valence electrons. The molecule has 5 nitrogen and oxygen atoms in total. The minimum atomic E-state index is -0.486. The number of fused-ring (bicyclic) bond motifs is 1. The smallest absolute Gasteiger partial charge is 0.235 e. The van der Waals surface area contributed by atoms with Crippen LogP contribution in [0.2, 0.25) is 0 Å². The molecule has 0 spiro atoms. The number of aryl methyl sites for hydroxylation is 1. The van der Waals surface area contributed by atoms with Crippen LogP contribution in [0.5, 0.6) is 11.5 Å². The largest absolute Gasteiger partial charge is 0.454 e. The molecule has 1 aliphatic heterocycles. The topological polar surface area (TPSA) is 71.4 Å². The molecule has 3 aromatic carbocycles. The number of amides is 1. The van der Waals surface area contributed by atoms with E-state index in [1.54, 1.807) is 0 Å². The first-order chi connectivity index (χ1) is 14.6. The van der Waals surface area contributed by atoms with Crippen LogP contribution in [0.1, 0.15) is 29.5 Å². The molecule has 1 fully saturated rings. The van der Waals surface area contributed by atoms with Crippen LogP contribution in [-0.4, -0.2) is 12.7 Å². The Bertz CT molecular complexity index is 1120. The molecule has 1 saturated carbocycles. The van der Waals surface area contributed by atoms with Crippen molar-refractivity contribution < 1.29 is 14.3 Å². The quantitative estimate of drug-likeness (QED) is 0.667. The average molecular weight is 399 g/mol. The van der Waals surface area contributed by atoms with Gasteiger partial charge in [0.15, 0.2) is 11.5 Å². The third-order valence-corrected chi connectivity index (χ3v) is 6.06. The summed E-state index contributed by atoms with van der Waals surface area (Å²) < 4.78 is 10.9. The van der Waals surface area contributed by atoms with Crippen molar-refractivity contribution in [3.63, 3.8) is 0 Å². The van der Waals surface area contributed by atoms with Crippen LogP contribution in [-0.2, 0) is 16.8 Å². The van der Waals surface area contributed by atoms with E-state index < -0.39 is 5.41 Å². The lowest BCUT2D eigenvalue weighted by atomic mass is 9.94. The maximum absolute atomic E-state index is 13.1. The van der Waals surface area contributed by atoms with Crippen LogP contribution < -0.4 is 20.5 Å². The number of nitrogens with one attached hydrogen (secondary N) is 2. The number of anilines is 1. The van der Waals surface area contributed by atoms with E-state index in [1.807, 2.05) is 67.6 Å². The predicted molar refractivity (Wildman–Crippen MR) is 116 cm³/mol. The summed E-state index contributed by atoms with van der Waals surface area (Å²) in [7, 11) is 0. The summed E-state index contributed by atoms with van der Waals surface area (Å²) in [6.07, 6.45) is 1.66. The van der Waals surface area contributed by atoms with E-state index in [0.29, 0.717) is 5.75 Å². The highest BCUT2D eigenvalue weighted by Gasteiger charge is 2.51. The van der Waals surface area contributed by atoms with E-state index in [4.69, 9.17) is 15.2 Å². The molecule has 1 radical (unpaired) electrons. The van der Waals surface area contributed by atoms with E-state index in [0.717, 1.165) is 52.1 Å². The van der Waals surface area contributed by atoms with E-state index in [9.17, 15) is 4.79 Å². The highest BCUT2D eigenvalue weighted by atomic mass is 16.7. The third-order valence-electron chi connectivity index (χ3n) is 6.06. The van der Waals surface area contributed by atoms with Crippen LogP contribution >= 0.6 is 0 Å². The SMILES string of the molecule is Cc1cc(NC(=O)C2(c3ccc4c(c3)OCO4)CC2)ccc1-c1ccc(C[NH])cc1. The Balaban J connectivity index is 1.35. The third kappa shape index (κ3) is 3.21. The molecule has 5 rings (SSSR count). The predicted octanol–water partition coefficient (Wildman–Crippen LogP) is 4.84. The number of ether oxygens (including phenoxy) is 2. The van der Waals surface area contributed by atoms with Gasteiger partial charge >= 0.3 is 0 Å². The molecule has 5 heteroatoms. The minimum Gasteiger partial charge on any atom is -0.454 e. The first-order valence-electron chi connectivity index (χ1n) is 10.2. The molecular formula is C25H23N2O3. The molecule has 2 aliphatic rings. The molecule has 30 heavy (non-hydrogen) atoms. The number of hydrogen-bond acceptors (Lipinski definition) is 3. The van der Waals surface area contributed by atoms with Gasteiger partial charge < -0.3 is 14.8 Å². The molecule has 1 amide bonds. The lowest BCUT2D eigenvalue weighted by molar-refractivity contribution is -0.118. The fraction of sp³-hybridized carbons (Fsp3) is 0.240. The van der Waals surface area contributed by atoms with Crippen LogP contribution in [0.15, 0.2) is 60.7 Å². The molecule has 2 N–H and O–H groups in total. The molecule has 0 aromatic heterocycles. The molecule has 0 atom stereocenters. The Morgan fingerprint density at radius 3 is 2.47 bits per heavy atom. The molecule has 1 heterocycles. The van der Waals surface area contributed by atoms with Crippen molar-refractivity contribution >= 4 is 11.6 Å². The van der Waals surface area contributed by atoms with Gasteiger partial charge in [0.1, 0.15) is 0 Å². The lowest BCUT2D eigenvalue weighted by Gasteiger charge is -2.17. The number of carbonyl (C=O) groups is 1. The van der Waals surface area contributed by atoms with Crippen LogP contribution in [0.25, 0.3) is 11.1 Å². The van der Waals surface area contributed by atoms with Crippen molar-refractivity contribution in [3.05, 3.63) is 77.4 Å². The van der Waals surface area contributed by atoms with E-state index in [2.05, 4.69) is 5.32 Å². The Kier molecular flexibility index (Phi) is 4.48. The van der Waals surface area contributed by atoms with Crippen molar-refractivity contribution in [3.8, 4) is 22.6 Å². The maximum Gasteiger partial charge on any atom is 0.235 e. The van der Waals surface area contributed by atoms with Gasteiger partial charge in [0.05, 0.1) is 5.41 Å². The van der Waals surface area contributed by atoms with Gasteiger partial charge in [-0.3, -0.25) is 10.5 Å². The summed E-state index contributed by atoms with van der Waals surface area (Å²) in [6.45, 7) is 2.57. The van der Waals surface area contributed by atoms with Gasteiger partial charge in [0, 0.05) is 12.2 Å². The standard InChI is InChI=1S/C25H23N2O3/c1-16-12-20(7-8-21(16)18-4-2-17(14-26)3-5-18)27-24(28)25(10-11-25)19-6-9-22-23(13-19)30-15-29-22/h2-9,12-13,26H,10-11,14-15H2,1H3,(H,27,28). The summed E-state index contributed by atoms with van der Waals surface area (Å²) in [4.78, 5) is 13.1. The van der Waals surface area contributed by atoms with Gasteiger partial charge in [-0.15, -0.1) is 0 Å². The fourth-order valence-electron chi connectivity index (χ4n) is 4.08. The number of rotatable bonds is 5. The summed E-state index contributed by atoms with van der Waals surface area (Å²) in [5.74, 6) is 1.47. The zero-order chi connectivity index (χ0) is 20.7. The average Bonchev–Trinajstić information content (AvgIpc) is 3.45. The van der Waals surface area contributed by atoms with Crippen molar-refractivity contribution in [1.82, 2.24) is 5.73 Å². The van der Waals surface area contributed by atoms with Gasteiger partial charge in [-0.05, 0) is 71.8 Å². The molecule has 3 aromatic rings. The number of hydrogen-bond donors (Lipinski definition) is 1. The molecule has 1 aliphatic carbocycles. The minimum absolute atomic E-state index is 0.0216. The van der Waals surface area contributed by atoms with Crippen LogP contribution in [0.3, 0.4) is 0 Å². The Labute approximate surface area is 175 Å². The van der Waals surface area contributed by atoms with Crippen molar-refractivity contribution in [2.75, 3.05) is 12.1 Å². The summed E-state index contributed by atoms with van der Waals surface area (Å²) >= 11 is 0. The monoisotopic (exact) mass is 399 g/mol. The Morgan fingerprint density at radius 1 is 1.00 bits per heavy atom. The summed E-state index contributed by atoms with van der Waals surface area (Å²) in [5, 5.41) is 3.11. The van der Waals surface area contributed by atoms with Gasteiger partial charge in [-0.1, -0.05) is 36.4 Å². The Morgan fingerprint density at radius 2 is 1.77 bits per heavy atom. The maximum atomic E-state index is 13.1. The van der Waals surface area contributed by atoms with Crippen LogP contribution in [0, 0.1) is 6.92 Å².